The van der Waals surface area contributed by atoms with Gasteiger partial charge in [0.1, 0.15) is 0 Å². The molecule has 0 spiro atoms. The molecule has 0 aliphatic heterocycles. The Hall–Kier alpha value is 0.137. The van der Waals surface area contributed by atoms with Gasteiger partial charge in [0, 0.05) is 11.1 Å². The van der Waals surface area contributed by atoms with Gasteiger partial charge in [0.05, 0.1) is 0 Å². The van der Waals surface area contributed by atoms with E-state index in [0.29, 0.717) is 0 Å². The summed E-state index contributed by atoms with van der Waals surface area (Å²) in [4.78, 5) is 7.13. The Morgan fingerprint density at radius 1 is 0.750 bits per heavy atom. The highest BCUT2D eigenvalue weighted by molar-refractivity contribution is 6.52. The van der Waals surface area contributed by atoms with Crippen LogP contribution in [0.1, 0.15) is 41.5 Å². The van der Waals surface area contributed by atoms with Gasteiger partial charge in [0.15, 0.2) is 0 Å². The third-order valence-corrected chi connectivity index (χ3v) is 3.38. The molecule has 0 aliphatic rings. The van der Waals surface area contributed by atoms with E-state index in [-0.39, 0.29) is 11.1 Å². The summed E-state index contributed by atoms with van der Waals surface area (Å²) in [6.07, 6.45) is 0. The van der Waals surface area contributed by atoms with Crippen molar-refractivity contribution in [2.24, 2.45) is 0 Å². The number of hydrogen-bond donors (Lipinski definition) is 2. The standard InChI is InChI=1S/C9H23N2Si/c1-8(2,3)10-12(7)11-9(4,5)6/h10-11H,1-7H3. The quantitative estimate of drug-likeness (QED) is 0.645. The van der Waals surface area contributed by atoms with E-state index in [9.17, 15) is 0 Å². The van der Waals surface area contributed by atoms with E-state index >= 15 is 0 Å². The van der Waals surface area contributed by atoms with E-state index in [4.69, 9.17) is 0 Å². The molecule has 0 fully saturated rings. The molecule has 12 heavy (non-hydrogen) atoms. The van der Waals surface area contributed by atoms with Gasteiger partial charge in [-0.3, -0.25) is 0 Å². The molecule has 0 amide bonds. The maximum Gasteiger partial charge on any atom is 0.221 e. The van der Waals surface area contributed by atoms with Crippen molar-refractivity contribution in [1.82, 2.24) is 9.96 Å². The molecule has 0 saturated heterocycles. The predicted octanol–water partition coefficient (Wildman–Crippen LogP) is 1.88. The van der Waals surface area contributed by atoms with E-state index in [0.717, 1.165) is 0 Å². The maximum atomic E-state index is 3.57. The van der Waals surface area contributed by atoms with Gasteiger partial charge in [0.2, 0.25) is 9.12 Å². The molecule has 0 saturated carbocycles. The van der Waals surface area contributed by atoms with Crippen molar-refractivity contribution in [1.29, 1.82) is 0 Å². The van der Waals surface area contributed by atoms with E-state index in [1.54, 1.807) is 0 Å². The summed E-state index contributed by atoms with van der Waals surface area (Å²) < 4.78 is 0. The van der Waals surface area contributed by atoms with Gasteiger partial charge in [-0.05, 0) is 48.1 Å². The zero-order valence-corrected chi connectivity index (χ0v) is 10.5. The summed E-state index contributed by atoms with van der Waals surface area (Å²) in [5, 5.41) is 0. The highest BCUT2D eigenvalue weighted by Crippen LogP contribution is 2.02. The van der Waals surface area contributed by atoms with E-state index < -0.39 is 9.12 Å². The minimum atomic E-state index is -0.604. The zero-order chi connectivity index (χ0) is 9.99. The highest BCUT2D eigenvalue weighted by atomic mass is 28.3. The zero-order valence-electron chi connectivity index (χ0n) is 9.50. The Bertz CT molecular complexity index is 116. The smallest absolute Gasteiger partial charge is 0.221 e. The van der Waals surface area contributed by atoms with Crippen LogP contribution in [0.2, 0.25) is 6.55 Å². The lowest BCUT2D eigenvalue weighted by atomic mass is 10.1. The maximum absolute atomic E-state index is 3.57. The van der Waals surface area contributed by atoms with Crippen molar-refractivity contribution < 1.29 is 0 Å². The van der Waals surface area contributed by atoms with Crippen LogP contribution in [0.4, 0.5) is 0 Å². The Kier molecular flexibility index (Phi) is 3.94. The molecule has 0 aromatic heterocycles. The third kappa shape index (κ3) is 8.24. The molecule has 0 atom stereocenters. The normalized spacial score (nSPS) is 14.0. The first-order valence-electron chi connectivity index (χ1n) is 4.50. The second kappa shape index (κ2) is 3.90. The molecular formula is C9H23N2Si. The summed E-state index contributed by atoms with van der Waals surface area (Å²) in [5.74, 6) is 0. The Balaban J connectivity index is 3.83. The van der Waals surface area contributed by atoms with Crippen LogP contribution in [0.3, 0.4) is 0 Å². The van der Waals surface area contributed by atoms with Gasteiger partial charge in [-0.25, -0.2) is 0 Å². The first-order valence-corrected chi connectivity index (χ1v) is 6.50. The average Bonchev–Trinajstić information content (AvgIpc) is 1.49. The molecule has 73 valence electrons. The summed E-state index contributed by atoms with van der Waals surface area (Å²) in [5.41, 5.74) is 0.447. The van der Waals surface area contributed by atoms with E-state index in [2.05, 4.69) is 58.1 Å². The van der Waals surface area contributed by atoms with Gasteiger partial charge in [-0.2, -0.15) is 0 Å². The van der Waals surface area contributed by atoms with Crippen molar-refractivity contribution >= 4 is 9.12 Å². The lowest BCUT2D eigenvalue weighted by Gasteiger charge is -2.30. The largest absolute Gasteiger partial charge is 0.321 e. The molecule has 0 aliphatic carbocycles. The van der Waals surface area contributed by atoms with Gasteiger partial charge >= 0.3 is 0 Å². The van der Waals surface area contributed by atoms with Crippen LogP contribution >= 0.6 is 0 Å². The van der Waals surface area contributed by atoms with Crippen LogP contribution in [-0.2, 0) is 0 Å². The molecule has 0 rings (SSSR count). The molecular weight excluding hydrogens is 164 g/mol. The molecule has 2 N–H and O–H groups in total. The van der Waals surface area contributed by atoms with Gasteiger partial charge < -0.3 is 9.96 Å². The van der Waals surface area contributed by atoms with Crippen LogP contribution in [0.15, 0.2) is 0 Å². The van der Waals surface area contributed by atoms with Crippen LogP contribution in [-0.4, -0.2) is 20.2 Å². The molecule has 3 heteroatoms. The SMILES string of the molecule is C[Si](NC(C)(C)C)NC(C)(C)C. The Morgan fingerprint density at radius 2 is 1.00 bits per heavy atom. The number of nitrogens with one attached hydrogen (secondary N) is 2. The summed E-state index contributed by atoms with van der Waals surface area (Å²) in [7, 11) is -0.604. The topological polar surface area (TPSA) is 24.1 Å². The highest BCUT2D eigenvalue weighted by Gasteiger charge is 2.19. The van der Waals surface area contributed by atoms with Crippen molar-refractivity contribution in [3.8, 4) is 0 Å². The fraction of sp³-hybridized carbons (Fsp3) is 1.00. The average molecular weight is 187 g/mol. The van der Waals surface area contributed by atoms with Crippen LogP contribution in [0, 0.1) is 0 Å². The fourth-order valence-electron chi connectivity index (χ4n) is 1.16. The molecule has 0 aromatic carbocycles. The molecule has 0 aromatic rings. The Morgan fingerprint density at radius 3 is 1.17 bits per heavy atom. The van der Waals surface area contributed by atoms with Crippen LogP contribution in [0.25, 0.3) is 0 Å². The molecule has 2 nitrogen and oxygen atoms in total. The van der Waals surface area contributed by atoms with Crippen molar-refractivity contribution in [3.05, 3.63) is 0 Å². The lowest BCUT2D eigenvalue weighted by molar-refractivity contribution is 0.476. The summed E-state index contributed by atoms with van der Waals surface area (Å²) in [6.45, 7) is 15.5. The van der Waals surface area contributed by atoms with Crippen LogP contribution < -0.4 is 9.96 Å². The number of rotatable bonds is 2. The van der Waals surface area contributed by atoms with Gasteiger partial charge in [-0.1, -0.05) is 0 Å². The molecule has 0 unspecified atom stereocenters. The minimum absolute atomic E-state index is 0.224. The Labute approximate surface area is 78.9 Å². The van der Waals surface area contributed by atoms with Crippen molar-refractivity contribution in [3.63, 3.8) is 0 Å². The second-order valence-corrected chi connectivity index (χ2v) is 7.12. The van der Waals surface area contributed by atoms with E-state index in [1.807, 2.05) is 0 Å². The second-order valence-electron chi connectivity index (χ2n) is 5.38. The van der Waals surface area contributed by atoms with Gasteiger partial charge in [-0.15, -0.1) is 0 Å². The monoisotopic (exact) mass is 187 g/mol. The van der Waals surface area contributed by atoms with Crippen molar-refractivity contribution in [2.75, 3.05) is 0 Å². The first kappa shape index (κ1) is 12.1. The predicted molar refractivity (Wildman–Crippen MR) is 57.4 cm³/mol. The van der Waals surface area contributed by atoms with Crippen LogP contribution in [0.5, 0.6) is 0 Å². The minimum Gasteiger partial charge on any atom is -0.321 e. The molecule has 0 heterocycles. The first-order chi connectivity index (χ1) is 5.10. The summed E-state index contributed by atoms with van der Waals surface area (Å²) >= 11 is 0. The lowest BCUT2D eigenvalue weighted by Crippen LogP contribution is -2.58. The van der Waals surface area contributed by atoms with Crippen molar-refractivity contribution in [2.45, 2.75) is 59.2 Å². The van der Waals surface area contributed by atoms with E-state index in [1.165, 1.54) is 0 Å². The molecule has 0 bridgehead atoms. The van der Waals surface area contributed by atoms with Gasteiger partial charge in [0.25, 0.3) is 0 Å². The fourth-order valence-corrected chi connectivity index (χ4v) is 3.47. The number of hydrogen-bond acceptors (Lipinski definition) is 2. The summed E-state index contributed by atoms with van der Waals surface area (Å²) in [6, 6.07) is 0. The third-order valence-electron chi connectivity index (χ3n) is 1.12. The molecule has 1 radical (unpaired) electrons.